The predicted molar refractivity (Wildman–Crippen MR) is 138 cm³/mol. The van der Waals surface area contributed by atoms with Crippen molar-refractivity contribution in [1.29, 1.82) is 0 Å². The first-order valence-electron chi connectivity index (χ1n) is 12.1. The second kappa shape index (κ2) is 11.4. The largest absolute Gasteiger partial charge is 0.487 e. The van der Waals surface area contributed by atoms with Crippen molar-refractivity contribution in [1.82, 2.24) is 24.7 Å². The van der Waals surface area contributed by atoms with Crippen molar-refractivity contribution in [2.24, 2.45) is 13.0 Å². The van der Waals surface area contributed by atoms with Crippen molar-refractivity contribution < 1.29 is 27.9 Å². The first-order chi connectivity index (χ1) is 17.3. The number of urea groups is 1. The number of carbonyl (C=O) groups excluding carboxylic acids is 2. The Labute approximate surface area is 217 Å². The first-order valence-corrected chi connectivity index (χ1v) is 13.6. The Hall–Kier alpha value is -3.32. The van der Waals surface area contributed by atoms with Gasteiger partial charge in [-0.05, 0) is 39.0 Å². The maximum absolute atomic E-state index is 13.6. The van der Waals surface area contributed by atoms with Crippen LogP contribution in [0.2, 0.25) is 0 Å². The van der Waals surface area contributed by atoms with Gasteiger partial charge < -0.3 is 29.5 Å². The van der Waals surface area contributed by atoms with Crippen molar-refractivity contribution in [3.8, 4) is 5.75 Å². The van der Waals surface area contributed by atoms with E-state index in [0.29, 0.717) is 0 Å². The summed E-state index contributed by atoms with van der Waals surface area (Å²) >= 11 is 0. The van der Waals surface area contributed by atoms with E-state index in [4.69, 9.17) is 4.74 Å². The van der Waals surface area contributed by atoms with E-state index < -0.39 is 28.1 Å². The Morgan fingerprint density at radius 2 is 2.03 bits per heavy atom. The maximum Gasteiger partial charge on any atom is 0.317 e. The highest BCUT2D eigenvalue weighted by molar-refractivity contribution is 7.92. The van der Waals surface area contributed by atoms with Gasteiger partial charge in [0.2, 0.25) is 0 Å². The molecule has 0 saturated heterocycles. The Bertz CT molecular complexity index is 1230. The minimum absolute atomic E-state index is 0.0295. The molecule has 1 aliphatic heterocycles. The number of hydrogen-bond acceptors (Lipinski definition) is 7. The van der Waals surface area contributed by atoms with Crippen LogP contribution in [0.4, 0.5) is 10.5 Å². The highest BCUT2D eigenvalue weighted by atomic mass is 32.2. The van der Waals surface area contributed by atoms with Crippen LogP contribution in [-0.2, 0) is 17.1 Å². The predicted octanol–water partition coefficient (Wildman–Crippen LogP) is 1.49. The van der Waals surface area contributed by atoms with Crippen molar-refractivity contribution in [2.45, 2.75) is 50.9 Å². The molecule has 0 aliphatic carbocycles. The molecule has 0 spiro atoms. The Morgan fingerprint density at radius 1 is 1.32 bits per heavy atom. The lowest BCUT2D eigenvalue weighted by molar-refractivity contribution is 0.0366. The van der Waals surface area contributed by atoms with Gasteiger partial charge in [0.05, 0.1) is 31.1 Å². The van der Waals surface area contributed by atoms with Crippen LogP contribution in [0.15, 0.2) is 35.7 Å². The first kappa shape index (κ1) is 28.3. The summed E-state index contributed by atoms with van der Waals surface area (Å²) in [5.74, 6) is -0.315. The van der Waals surface area contributed by atoms with Crippen LogP contribution in [0.1, 0.15) is 38.1 Å². The number of imidazole rings is 1. The molecular formula is C24H36N6O6S. The van der Waals surface area contributed by atoms with Gasteiger partial charge in [0.1, 0.15) is 11.9 Å². The fourth-order valence-electron chi connectivity index (χ4n) is 3.95. The molecule has 0 saturated carbocycles. The molecule has 204 valence electrons. The number of benzene rings is 1. The van der Waals surface area contributed by atoms with Crippen LogP contribution in [0.5, 0.6) is 5.75 Å². The molecule has 3 N–H and O–H groups in total. The molecule has 2 aromatic rings. The summed E-state index contributed by atoms with van der Waals surface area (Å²) in [5, 5.41) is 12.5. The summed E-state index contributed by atoms with van der Waals surface area (Å²) in [4.78, 5) is 33.0. The zero-order chi connectivity index (χ0) is 27.5. The standard InChI is InChI=1S/C24H36N6O6S/c1-15(2)26-24(33)29(6)11-21-16(3)10-30(17(4)13-31)23(32)19-9-18(7-8-20(19)36-21)27-37(34,35)22-12-28(5)14-25-22/h7-9,12,14-17,21,27,31H,10-11,13H2,1-6H3,(H,26,33)/t16-,17+,21+/m0/s1. The summed E-state index contributed by atoms with van der Waals surface area (Å²) in [5.41, 5.74) is 0.310. The van der Waals surface area contributed by atoms with E-state index in [1.165, 1.54) is 40.2 Å². The van der Waals surface area contributed by atoms with Gasteiger partial charge in [-0.2, -0.15) is 8.42 Å². The van der Waals surface area contributed by atoms with Gasteiger partial charge in [0, 0.05) is 44.5 Å². The second-order valence-corrected chi connectivity index (χ2v) is 11.4. The van der Waals surface area contributed by atoms with E-state index in [9.17, 15) is 23.1 Å². The minimum Gasteiger partial charge on any atom is -0.487 e. The smallest absolute Gasteiger partial charge is 0.317 e. The number of ether oxygens (including phenoxy) is 1. The number of rotatable bonds is 8. The van der Waals surface area contributed by atoms with Crippen LogP contribution in [0.3, 0.4) is 0 Å². The number of nitrogens with zero attached hydrogens (tertiary/aromatic N) is 4. The van der Waals surface area contributed by atoms with Crippen LogP contribution in [-0.4, -0.2) is 89.7 Å². The molecule has 0 bridgehead atoms. The van der Waals surface area contributed by atoms with E-state index in [-0.39, 0.29) is 59.7 Å². The molecule has 0 radical (unpaired) electrons. The minimum atomic E-state index is -3.98. The molecular weight excluding hydrogens is 500 g/mol. The average molecular weight is 537 g/mol. The number of aliphatic hydroxyl groups excluding tert-OH is 1. The number of aromatic nitrogens is 2. The molecule has 12 nitrogen and oxygen atoms in total. The lowest BCUT2D eigenvalue weighted by Gasteiger charge is -2.38. The van der Waals surface area contributed by atoms with Gasteiger partial charge in [-0.15, -0.1) is 0 Å². The summed E-state index contributed by atoms with van der Waals surface area (Å²) in [6.07, 6.45) is 2.27. The molecule has 1 aromatic heterocycles. The number of anilines is 1. The van der Waals surface area contributed by atoms with E-state index in [0.717, 1.165) is 0 Å². The monoisotopic (exact) mass is 536 g/mol. The quantitative estimate of drug-likeness (QED) is 0.463. The van der Waals surface area contributed by atoms with Gasteiger partial charge in [-0.3, -0.25) is 9.52 Å². The number of nitrogens with one attached hydrogen (secondary N) is 2. The lowest BCUT2D eigenvalue weighted by Crippen LogP contribution is -2.51. The third-order valence-corrected chi connectivity index (χ3v) is 7.35. The number of aliphatic hydroxyl groups is 1. The fourth-order valence-corrected chi connectivity index (χ4v) is 4.98. The third-order valence-electron chi connectivity index (χ3n) is 6.09. The molecule has 13 heteroatoms. The number of likely N-dealkylation sites (N-methyl/N-ethyl adjacent to an activating group) is 1. The van der Waals surface area contributed by atoms with Gasteiger partial charge in [-0.1, -0.05) is 6.92 Å². The van der Waals surface area contributed by atoms with Gasteiger partial charge in [-0.25, -0.2) is 9.78 Å². The van der Waals surface area contributed by atoms with Crippen molar-refractivity contribution >= 4 is 27.6 Å². The second-order valence-electron chi connectivity index (χ2n) is 9.80. The fraction of sp³-hybridized carbons (Fsp3) is 0.542. The molecule has 0 unspecified atom stereocenters. The Kier molecular flexibility index (Phi) is 8.69. The van der Waals surface area contributed by atoms with Crippen LogP contribution >= 0.6 is 0 Å². The van der Waals surface area contributed by atoms with Crippen LogP contribution < -0.4 is 14.8 Å². The number of hydrogen-bond donors (Lipinski definition) is 3. The van der Waals surface area contributed by atoms with Gasteiger partial charge >= 0.3 is 6.03 Å². The summed E-state index contributed by atoms with van der Waals surface area (Å²) < 4.78 is 35.8. The Balaban J connectivity index is 1.96. The van der Waals surface area contributed by atoms with E-state index in [1.807, 2.05) is 20.8 Å². The van der Waals surface area contributed by atoms with E-state index in [2.05, 4.69) is 15.0 Å². The van der Waals surface area contributed by atoms with Crippen molar-refractivity contribution in [2.75, 3.05) is 31.5 Å². The number of amides is 3. The zero-order valence-electron chi connectivity index (χ0n) is 22.0. The van der Waals surface area contributed by atoms with Crippen molar-refractivity contribution in [3.05, 3.63) is 36.3 Å². The average Bonchev–Trinajstić information content (AvgIpc) is 3.27. The summed E-state index contributed by atoms with van der Waals surface area (Å²) in [6.45, 7) is 7.67. The number of sulfonamides is 1. The number of fused-ring (bicyclic) bond motifs is 1. The number of carbonyl (C=O) groups is 2. The summed E-state index contributed by atoms with van der Waals surface area (Å²) in [6, 6.07) is 3.69. The maximum atomic E-state index is 13.6. The molecule has 1 aliphatic rings. The van der Waals surface area contributed by atoms with E-state index in [1.54, 1.807) is 25.9 Å². The normalized spacial score (nSPS) is 18.9. The topological polar surface area (TPSA) is 146 Å². The van der Waals surface area contributed by atoms with Crippen LogP contribution in [0.25, 0.3) is 0 Å². The zero-order valence-corrected chi connectivity index (χ0v) is 22.8. The molecule has 37 heavy (non-hydrogen) atoms. The molecule has 2 heterocycles. The molecule has 3 atom stereocenters. The SMILES string of the molecule is CC(C)NC(=O)N(C)C[C@H]1Oc2ccc(NS(=O)(=O)c3cn(C)cn3)cc2C(=O)N([C@H](C)CO)C[C@@H]1C. The lowest BCUT2D eigenvalue weighted by atomic mass is 9.99. The Morgan fingerprint density at radius 3 is 2.62 bits per heavy atom. The van der Waals surface area contributed by atoms with Gasteiger partial charge in [0.25, 0.3) is 15.9 Å². The van der Waals surface area contributed by atoms with E-state index >= 15 is 0 Å². The third kappa shape index (κ3) is 6.72. The highest BCUT2D eigenvalue weighted by Gasteiger charge is 2.34. The molecule has 3 rings (SSSR count). The molecule has 0 fully saturated rings. The van der Waals surface area contributed by atoms with Crippen LogP contribution in [0, 0.1) is 5.92 Å². The summed E-state index contributed by atoms with van der Waals surface area (Å²) in [7, 11) is -0.654. The van der Waals surface area contributed by atoms with Gasteiger partial charge in [0.15, 0.2) is 5.03 Å². The molecule has 1 aromatic carbocycles. The molecule has 3 amide bonds. The van der Waals surface area contributed by atoms with Crippen molar-refractivity contribution in [3.63, 3.8) is 0 Å². The number of aryl methyl sites for hydroxylation is 1. The highest BCUT2D eigenvalue weighted by Crippen LogP contribution is 2.31.